The van der Waals surface area contributed by atoms with Crippen molar-refractivity contribution >= 4 is 0 Å². The standard InChI is InChI=1S/C62H62O8/c1-39(23-24-41-15-7-3-8-16-41)48-32-50(58(66)36-56(48)64)46(29-26-43-19-11-5-12-20-43)52-34-54(62(70)38-60(52)68)47(30-27-44-21-13-6-14-22-44)53-33-51(59(67)37-61(53)69)45(28-25-42-17-9-4-10-18-42)49-31-40(2)55(63)35-57(49)65/h3-22,31-39,45-47,63-70H,23-30H2,1-2H3. The van der Waals surface area contributed by atoms with Gasteiger partial charge in [-0.2, -0.15) is 0 Å². The van der Waals surface area contributed by atoms with Gasteiger partial charge in [0.05, 0.1) is 0 Å². The maximum Gasteiger partial charge on any atom is 0.123 e. The van der Waals surface area contributed by atoms with E-state index < -0.39 is 17.8 Å². The van der Waals surface area contributed by atoms with Gasteiger partial charge in [0.15, 0.2) is 0 Å². The van der Waals surface area contributed by atoms with Crippen molar-refractivity contribution in [2.24, 2.45) is 0 Å². The fourth-order valence-electron chi connectivity index (χ4n) is 10.1. The van der Waals surface area contributed by atoms with Crippen LogP contribution in [-0.2, 0) is 25.7 Å². The number of phenols is 8. The molecule has 0 saturated heterocycles. The summed E-state index contributed by atoms with van der Waals surface area (Å²) in [5, 5.41) is 92.9. The van der Waals surface area contributed by atoms with Crippen molar-refractivity contribution in [3.8, 4) is 46.0 Å². The molecule has 4 atom stereocenters. The van der Waals surface area contributed by atoms with Crippen molar-refractivity contribution in [2.75, 3.05) is 0 Å². The molecule has 0 aliphatic carbocycles. The van der Waals surface area contributed by atoms with Crippen LogP contribution in [0.25, 0.3) is 0 Å². The molecule has 8 N–H and O–H groups in total. The van der Waals surface area contributed by atoms with Crippen molar-refractivity contribution in [1.29, 1.82) is 0 Å². The summed E-state index contributed by atoms with van der Waals surface area (Å²) in [5.74, 6) is -3.11. The lowest BCUT2D eigenvalue weighted by Crippen LogP contribution is -2.11. The van der Waals surface area contributed by atoms with Crippen LogP contribution in [0, 0.1) is 6.92 Å². The van der Waals surface area contributed by atoms with E-state index >= 15 is 0 Å². The van der Waals surface area contributed by atoms with Crippen LogP contribution >= 0.6 is 0 Å². The Morgan fingerprint density at radius 2 is 0.529 bits per heavy atom. The van der Waals surface area contributed by atoms with Gasteiger partial charge in [-0.15, -0.1) is 0 Å². The molecule has 0 amide bonds. The van der Waals surface area contributed by atoms with E-state index in [9.17, 15) is 40.9 Å². The number of hydrogen-bond donors (Lipinski definition) is 8. The van der Waals surface area contributed by atoms with Gasteiger partial charge in [-0.1, -0.05) is 128 Å². The summed E-state index contributed by atoms with van der Waals surface area (Å²) in [6.45, 7) is 3.80. The van der Waals surface area contributed by atoms with Crippen LogP contribution < -0.4 is 0 Å². The van der Waals surface area contributed by atoms with Crippen molar-refractivity contribution < 1.29 is 40.9 Å². The SMILES string of the molecule is Cc1cc(C(CCc2ccccc2)c2cc(C(CCc3ccccc3)c3cc(C(CCc4ccccc4)c4cc(C(C)CCc5ccccc5)c(O)cc4O)c(O)cc3O)c(O)cc2O)c(O)cc1O. The van der Waals surface area contributed by atoms with E-state index in [1.54, 1.807) is 25.1 Å². The van der Waals surface area contributed by atoms with Gasteiger partial charge in [-0.3, -0.25) is 0 Å². The number of rotatable bonds is 19. The van der Waals surface area contributed by atoms with Gasteiger partial charge in [-0.25, -0.2) is 0 Å². The first-order valence-electron chi connectivity index (χ1n) is 24.2. The van der Waals surface area contributed by atoms with E-state index in [2.05, 4.69) is 19.1 Å². The quantitative estimate of drug-likeness (QED) is 0.0397. The molecular formula is C62H62O8. The third-order valence-corrected chi connectivity index (χ3v) is 14.1. The van der Waals surface area contributed by atoms with E-state index in [4.69, 9.17) is 0 Å². The predicted molar refractivity (Wildman–Crippen MR) is 277 cm³/mol. The number of hydrogen-bond acceptors (Lipinski definition) is 8. The normalized spacial score (nSPS) is 13.1. The van der Waals surface area contributed by atoms with Crippen LogP contribution in [-0.4, -0.2) is 40.9 Å². The maximum absolute atomic E-state index is 12.0. The summed E-state index contributed by atoms with van der Waals surface area (Å²) in [6.07, 6.45) is 4.51. The highest BCUT2D eigenvalue weighted by atomic mass is 16.3. The van der Waals surface area contributed by atoms with Gasteiger partial charge in [-0.05, 0) is 122 Å². The molecule has 8 aromatic rings. The van der Waals surface area contributed by atoms with Gasteiger partial charge in [0, 0.05) is 75.4 Å². The average molecular weight is 935 g/mol. The average Bonchev–Trinajstić information content (AvgIpc) is 3.36. The third kappa shape index (κ3) is 11.4. The second-order valence-corrected chi connectivity index (χ2v) is 18.8. The van der Waals surface area contributed by atoms with Crippen molar-refractivity contribution in [2.45, 2.75) is 88.9 Å². The zero-order valence-corrected chi connectivity index (χ0v) is 39.7. The first-order chi connectivity index (χ1) is 33.8. The monoisotopic (exact) mass is 934 g/mol. The van der Waals surface area contributed by atoms with Crippen LogP contribution in [0.3, 0.4) is 0 Å². The highest BCUT2D eigenvalue weighted by Gasteiger charge is 2.31. The first kappa shape index (κ1) is 48.6. The predicted octanol–water partition coefficient (Wildman–Crippen LogP) is 13.7. The van der Waals surface area contributed by atoms with Crippen molar-refractivity contribution in [3.63, 3.8) is 0 Å². The summed E-state index contributed by atoms with van der Waals surface area (Å²) >= 11 is 0. The van der Waals surface area contributed by atoms with Crippen LogP contribution in [0.4, 0.5) is 0 Å². The lowest BCUT2D eigenvalue weighted by Gasteiger charge is -2.27. The molecule has 8 heteroatoms. The minimum atomic E-state index is -0.708. The highest BCUT2D eigenvalue weighted by molar-refractivity contribution is 5.60. The second-order valence-electron chi connectivity index (χ2n) is 18.8. The Bertz CT molecular complexity index is 3010. The Labute approximate surface area is 410 Å². The molecule has 70 heavy (non-hydrogen) atoms. The van der Waals surface area contributed by atoms with E-state index in [1.807, 2.05) is 115 Å². The zero-order valence-electron chi connectivity index (χ0n) is 39.7. The molecule has 0 aliphatic heterocycles. The molecule has 8 aromatic carbocycles. The lowest BCUT2D eigenvalue weighted by molar-refractivity contribution is 0.425. The fraction of sp³-hybridized carbons (Fsp3) is 0.226. The van der Waals surface area contributed by atoms with Crippen LogP contribution in [0.2, 0.25) is 0 Å². The Morgan fingerprint density at radius 1 is 0.286 bits per heavy atom. The fourth-order valence-corrected chi connectivity index (χ4v) is 10.1. The van der Waals surface area contributed by atoms with E-state index in [-0.39, 0.29) is 51.9 Å². The first-order valence-corrected chi connectivity index (χ1v) is 24.2. The van der Waals surface area contributed by atoms with Gasteiger partial charge in [0.25, 0.3) is 0 Å². The summed E-state index contributed by atoms with van der Waals surface area (Å²) in [4.78, 5) is 0. The summed E-state index contributed by atoms with van der Waals surface area (Å²) in [7, 11) is 0. The molecule has 0 saturated carbocycles. The Morgan fingerprint density at radius 3 is 0.843 bits per heavy atom. The molecule has 358 valence electrons. The van der Waals surface area contributed by atoms with E-state index in [0.717, 1.165) is 29.5 Å². The molecular weight excluding hydrogens is 873 g/mol. The Hall–Kier alpha value is -7.84. The van der Waals surface area contributed by atoms with E-state index in [1.165, 1.54) is 29.8 Å². The maximum atomic E-state index is 12.0. The molecule has 0 spiro atoms. The minimum absolute atomic E-state index is 0.0170. The molecule has 8 rings (SSSR count). The highest BCUT2D eigenvalue weighted by Crippen LogP contribution is 2.50. The third-order valence-electron chi connectivity index (χ3n) is 14.1. The van der Waals surface area contributed by atoms with Crippen LogP contribution in [0.15, 0.2) is 170 Å². The minimum Gasteiger partial charge on any atom is -0.508 e. The second kappa shape index (κ2) is 22.1. The largest absolute Gasteiger partial charge is 0.508 e. The molecule has 0 radical (unpaired) electrons. The van der Waals surface area contributed by atoms with Gasteiger partial charge in [0.2, 0.25) is 0 Å². The molecule has 0 heterocycles. The van der Waals surface area contributed by atoms with E-state index in [0.29, 0.717) is 83.0 Å². The molecule has 0 aliphatic rings. The summed E-state index contributed by atoms with van der Waals surface area (Å²) in [6, 6.07) is 52.3. The lowest BCUT2D eigenvalue weighted by atomic mass is 9.78. The number of benzene rings is 8. The smallest absolute Gasteiger partial charge is 0.123 e. The topological polar surface area (TPSA) is 162 Å². The number of phenolic OH excluding ortho intramolecular Hbond substituents is 8. The molecule has 0 bridgehead atoms. The molecule has 8 nitrogen and oxygen atoms in total. The van der Waals surface area contributed by atoms with Crippen LogP contribution in [0.1, 0.15) is 123 Å². The molecule has 0 aromatic heterocycles. The van der Waals surface area contributed by atoms with Gasteiger partial charge < -0.3 is 40.9 Å². The van der Waals surface area contributed by atoms with Crippen molar-refractivity contribution in [1.82, 2.24) is 0 Å². The summed E-state index contributed by atoms with van der Waals surface area (Å²) < 4.78 is 0. The van der Waals surface area contributed by atoms with Crippen LogP contribution in [0.5, 0.6) is 46.0 Å². The van der Waals surface area contributed by atoms with Gasteiger partial charge in [0.1, 0.15) is 46.0 Å². The van der Waals surface area contributed by atoms with Crippen molar-refractivity contribution in [3.05, 3.63) is 237 Å². The molecule has 4 unspecified atom stereocenters. The summed E-state index contributed by atoms with van der Waals surface area (Å²) in [5.41, 5.74) is 8.27. The Kier molecular flexibility index (Phi) is 15.3. The Balaban J connectivity index is 1.26. The van der Waals surface area contributed by atoms with Gasteiger partial charge >= 0.3 is 0 Å². The molecule has 0 fully saturated rings. The number of aryl methyl sites for hydroxylation is 5. The number of aromatic hydroxyl groups is 8. The zero-order chi connectivity index (χ0) is 49.3.